The Hall–Kier alpha value is -2.74. The summed E-state index contributed by atoms with van der Waals surface area (Å²) in [5.74, 6) is 0.262. The van der Waals surface area contributed by atoms with Gasteiger partial charge in [-0.15, -0.1) is 11.3 Å². The van der Waals surface area contributed by atoms with Crippen LogP contribution in [-0.4, -0.2) is 51.1 Å². The van der Waals surface area contributed by atoms with E-state index in [9.17, 15) is 9.59 Å². The number of fused-ring (bicyclic) bond motifs is 1. The lowest BCUT2D eigenvalue weighted by Gasteiger charge is -2.12. The number of likely N-dealkylation sites (tertiary alicyclic amines) is 1. The molecule has 3 aromatic heterocycles. The smallest absolute Gasteiger partial charge is 0.252 e. The van der Waals surface area contributed by atoms with Crippen LogP contribution in [0.4, 0.5) is 0 Å². The van der Waals surface area contributed by atoms with Crippen molar-refractivity contribution in [2.45, 2.75) is 32.7 Å². The van der Waals surface area contributed by atoms with Gasteiger partial charge in [-0.25, -0.2) is 9.67 Å². The quantitative estimate of drug-likeness (QED) is 0.718. The first kappa shape index (κ1) is 18.6. The molecule has 0 saturated carbocycles. The number of hydrogen-bond donors (Lipinski definition) is 1. The van der Waals surface area contributed by atoms with Gasteiger partial charge < -0.3 is 10.2 Å². The third-order valence-corrected chi connectivity index (χ3v) is 6.02. The van der Waals surface area contributed by atoms with Gasteiger partial charge >= 0.3 is 0 Å². The summed E-state index contributed by atoms with van der Waals surface area (Å²) in [7, 11) is 0. The first-order valence-corrected chi connectivity index (χ1v) is 10.3. The number of amides is 2. The molecule has 0 unspecified atom stereocenters. The Kier molecular flexibility index (Phi) is 5.13. The molecule has 28 heavy (non-hydrogen) atoms. The fourth-order valence-corrected chi connectivity index (χ4v) is 4.38. The van der Waals surface area contributed by atoms with Gasteiger partial charge in [0, 0.05) is 54.3 Å². The Morgan fingerprint density at radius 1 is 1.39 bits per heavy atom. The molecule has 1 aliphatic heterocycles. The average Bonchev–Trinajstić information content (AvgIpc) is 3.40. The summed E-state index contributed by atoms with van der Waals surface area (Å²) in [5.41, 5.74) is 2.51. The molecular weight excluding hydrogens is 374 g/mol. The fourth-order valence-electron chi connectivity index (χ4n) is 3.70. The molecule has 1 aliphatic rings. The number of aryl methyl sites for hydroxylation is 1. The Bertz CT molecular complexity index is 1020. The molecule has 7 nitrogen and oxygen atoms in total. The number of thiophene rings is 1. The maximum absolute atomic E-state index is 12.2. The van der Waals surface area contributed by atoms with Crippen LogP contribution in [0.2, 0.25) is 0 Å². The largest absolute Gasteiger partial charge is 0.350 e. The predicted molar refractivity (Wildman–Crippen MR) is 109 cm³/mol. The molecule has 146 valence electrons. The van der Waals surface area contributed by atoms with Gasteiger partial charge in [-0.2, -0.15) is 5.10 Å². The highest BCUT2D eigenvalue weighted by molar-refractivity contribution is 7.10. The Labute approximate surface area is 167 Å². The molecular formula is C20H23N5O2S. The standard InChI is InChI=1S/C20H23N5O2S/c1-13-10-16(12-28-13)20(27)22-7-9-25-19-17(4-3-6-21-19)18(23-25)15-5-8-24(11-15)14(2)26/h3-4,6,10,12,15H,5,7-9,11H2,1-2H3,(H,22,27)/t15-/m0/s1. The molecule has 0 spiro atoms. The van der Waals surface area contributed by atoms with Crippen molar-refractivity contribution >= 4 is 34.2 Å². The first-order chi connectivity index (χ1) is 13.5. The molecule has 1 N–H and O–H groups in total. The van der Waals surface area contributed by atoms with E-state index in [0.29, 0.717) is 25.2 Å². The van der Waals surface area contributed by atoms with Gasteiger partial charge in [0.25, 0.3) is 5.91 Å². The average molecular weight is 398 g/mol. The van der Waals surface area contributed by atoms with E-state index in [0.717, 1.165) is 34.6 Å². The number of aromatic nitrogens is 3. The first-order valence-electron chi connectivity index (χ1n) is 9.43. The molecule has 1 saturated heterocycles. The summed E-state index contributed by atoms with van der Waals surface area (Å²) >= 11 is 1.57. The Morgan fingerprint density at radius 2 is 2.25 bits per heavy atom. The van der Waals surface area contributed by atoms with E-state index in [1.807, 2.05) is 40.1 Å². The van der Waals surface area contributed by atoms with Crippen molar-refractivity contribution in [2.24, 2.45) is 0 Å². The van der Waals surface area contributed by atoms with E-state index in [2.05, 4.69) is 10.3 Å². The zero-order valence-electron chi connectivity index (χ0n) is 16.0. The van der Waals surface area contributed by atoms with Gasteiger partial charge in [-0.1, -0.05) is 0 Å². The predicted octanol–water partition coefficient (Wildman–Crippen LogP) is 2.57. The number of hydrogen-bond acceptors (Lipinski definition) is 5. The third-order valence-electron chi connectivity index (χ3n) is 5.16. The highest BCUT2D eigenvalue weighted by atomic mass is 32.1. The zero-order chi connectivity index (χ0) is 19.7. The van der Waals surface area contributed by atoms with Crippen LogP contribution in [0.3, 0.4) is 0 Å². The normalized spacial score (nSPS) is 16.6. The van der Waals surface area contributed by atoms with Crippen LogP contribution in [0.15, 0.2) is 29.8 Å². The number of pyridine rings is 1. The van der Waals surface area contributed by atoms with Gasteiger partial charge in [0.15, 0.2) is 5.65 Å². The molecule has 4 rings (SSSR count). The zero-order valence-corrected chi connectivity index (χ0v) is 16.8. The van der Waals surface area contributed by atoms with Gasteiger partial charge in [-0.3, -0.25) is 9.59 Å². The van der Waals surface area contributed by atoms with Crippen LogP contribution in [0.25, 0.3) is 11.0 Å². The van der Waals surface area contributed by atoms with Gasteiger partial charge in [0.2, 0.25) is 5.91 Å². The van der Waals surface area contributed by atoms with Crippen LogP contribution >= 0.6 is 11.3 Å². The molecule has 2 amide bonds. The Balaban J connectivity index is 1.49. The van der Waals surface area contributed by atoms with Crippen molar-refractivity contribution in [3.8, 4) is 0 Å². The molecule has 0 radical (unpaired) electrons. The van der Waals surface area contributed by atoms with Crippen molar-refractivity contribution in [3.63, 3.8) is 0 Å². The second-order valence-corrected chi connectivity index (χ2v) is 8.25. The van der Waals surface area contributed by atoms with Crippen LogP contribution in [0, 0.1) is 6.92 Å². The minimum absolute atomic E-state index is 0.0677. The minimum atomic E-state index is -0.0677. The minimum Gasteiger partial charge on any atom is -0.350 e. The number of rotatable bonds is 5. The molecule has 0 aromatic carbocycles. The SMILES string of the molecule is CC(=O)N1CC[C@H](c2nn(CCNC(=O)c3csc(C)c3)c3ncccc23)C1. The van der Waals surface area contributed by atoms with Crippen LogP contribution in [0.1, 0.15) is 40.2 Å². The summed E-state index contributed by atoms with van der Waals surface area (Å²) in [6, 6.07) is 5.84. The van der Waals surface area contributed by atoms with Gasteiger partial charge in [-0.05, 0) is 31.5 Å². The van der Waals surface area contributed by atoms with E-state index < -0.39 is 0 Å². The molecule has 0 aliphatic carbocycles. The van der Waals surface area contributed by atoms with Crippen LogP contribution < -0.4 is 5.32 Å². The van der Waals surface area contributed by atoms with Crippen molar-refractivity contribution in [3.05, 3.63) is 45.9 Å². The molecule has 4 heterocycles. The summed E-state index contributed by atoms with van der Waals surface area (Å²) in [5, 5.41) is 10.7. The number of carbonyl (C=O) groups is 2. The second kappa shape index (κ2) is 7.71. The van der Waals surface area contributed by atoms with Crippen molar-refractivity contribution in [1.82, 2.24) is 25.0 Å². The summed E-state index contributed by atoms with van der Waals surface area (Å²) in [6.45, 7) is 6.09. The molecule has 8 heteroatoms. The van der Waals surface area contributed by atoms with Gasteiger partial charge in [0.05, 0.1) is 17.8 Å². The topological polar surface area (TPSA) is 80.1 Å². The van der Waals surface area contributed by atoms with Crippen LogP contribution in [0.5, 0.6) is 0 Å². The number of nitrogens with one attached hydrogen (secondary N) is 1. The van der Waals surface area contributed by atoms with E-state index in [-0.39, 0.29) is 17.7 Å². The van der Waals surface area contributed by atoms with E-state index in [4.69, 9.17) is 5.10 Å². The van der Waals surface area contributed by atoms with Crippen molar-refractivity contribution in [2.75, 3.05) is 19.6 Å². The van der Waals surface area contributed by atoms with E-state index >= 15 is 0 Å². The summed E-state index contributed by atoms with van der Waals surface area (Å²) < 4.78 is 1.86. The van der Waals surface area contributed by atoms with E-state index in [1.165, 1.54) is 0 Å². The number of carbonyl (C=O) groups excluding carboxylic acids is 2. The van der Waals surface area contributed by atoms with Crippen LogP contribution in [-0.2, 0) is 11.3 Å². The lowest BCUT2D eigenvalue weighted by Crippen LogP contribution is -2.27. The third kappa shape index (κ3) is 3.64. The highest BCUT2D eigenvalue weighted by Crippen LogP contribution is 2.31. The molecule has 1 fully saturated rings. The van der Waals surface area contributed by atoms with Gasteiger partial charge in [0.1, 0.15) is 0 Å². The summed E-state index contributed by atoms with van der Waals surface area (Å²) in [6.07, 6.45) is 2.67. The van der Waals surface area contributed by atoms with Crippen molar-refractivity contribution in [1.29, 1.82) is 0 Å². The molecule has 0 bridgehead atoms. The monoisotopic (exact) mass is 397 g/mol. The lowest BCUT2D eigenvalue weighted by atomic mass is 10.0. The Morgan fingerprint density at radius 3 is 2.96 bits per heavy atom. The lowest BCUT2D eigenvalue weighted by molar-refractivity contribution is -0.127. The van der Waals surface area contributed by atoms with E-state index in [1.54, 1.807) is 24.5 Å². The number of nitrogens with zero attached hydrogens (tertiary/aromatic N) is 4. The maximum atomic E-state index is 12.2. The highest BCUT2D eigenvalue weighted by Gasteiger charge is 2.29. The summed E-state index contributed by atoms with van der Waals surface area (Å²) in [4.78, 5) is 31.4. The fraction of sp³-hybridized carbons (Fsp3) is 0.400. The maximum Gasteiger partial charge on any atom is 0.252 e. The molecule has 3 aromatic rings. The van der Waals surface area contributed by atoms with Crippen molar-refractivity contribution < 1.29 is 9.59 Å². The molecule has 1 atom stereocenters. The second-order valence-electron chi connectivity index (χ2n) is 7.14.